The van der Waals surface area contributed by atoms with Crippen LogP contribution in [-0.4, -0.2) is 39.4 Å². The minimum absolute atomic E-state index is 0.163. The average molecular weight is 417 g/mol. The van der Waals surface area contributed by atoms with Crippen LogP contribution in [0.25, 0.3) is 0 Å². The summed E-state index contributed by atoms with van der Waals surface area (Å²) in [5, 5.41) is 1.70. The number of nitrogens with zero attached hydrogens (tertiary/aromatic N) is 1. The third-order valence-electron chi connectivity index (χ3n) is 3.93. The molecular weight excluding hydrogens is 396 g/mol. The van der Waals surface area contributed by atoms with E-state index in [9.17, 15) is 13.2 Å². The monoisotopic (exact) mass is 416 g/mol. The summed E-state index contributed by atoms with van der Waals surface area (Å²) in [5.74, 6) is 0.593. The minimum Gasteiger partial charge on any atom is -0.492 e. The van der Waals surface area contributed by atoms with Crippen LogP contribution in [0.4, 0.5) is 5.69 Å². The van der Waals surface area contributed by atoms with Gasteiger partial charge >= 0.3 is 0 Å². The summed E-state index contributed by atoms with van der Waals surface area (Å²) < 4.78 is 32.8. The minimum atomic E-state index is -3.60. The van der Waals surface area contributed by atoms with Crippen LogP contribution in [0.1, 0.15) is 10.4 Å². The lowest BCUT2D eigenvalue weighted by Gasteiger charge is -2.18. The molecule has 2 aromatic carbocycles. The molecule has 0 aliphatic heterocycles. The Morgan fingerprint density at radius 3 is 2.39 bits per heavy atom. The van der Waals surface area contributed by atoms with Crippen LogP contribution in [0.2, 0.25) is 0 Å². The van der Waals surface area contributed by atoms with Crippen molar-refractivity contribution in [3.63, 3.8) is 0 Å². The van der Waals surface area contributed by atoms with E-state index in [-0.39, 0.29) is 10.1 Å². The molecule has 1 aromatic heterocycles. The molecule has 0 radical (unpaired) electrons. The molecule has 0 atom stereocenters. The molecule has 8 heteroatoms. The molecule has 3 aromatic rings. The number of thiophene rings is 1. The molecule has 0 spiro atoms. The number of sulfonamides is 1. The first-order valence-corrected chi connectivity index (χ1v) is 10.9. The number of anilines is 1. The van der Waals surface area contributed by atoms with Gasteiger partial charge in [-0.25, -0.2) is 8.42 Å². The highest BCUT2D eigenvalue weighted by atomic mass is 32.2. The molecule has 146 valence electrons. The van der Waals surface area contributed by atoms with Crippen LogP contribution >= 0.6 is 11.3 Å². The number of rotatable bonds is 8. The summed E-state index contributed by atoms with van der Waals surface area (Å²) in [6.45, 7) is 0.811. The van der Waals surface area contributed by atoms with E-state index in [1.807, 2.05) is 30.3 Å². The summed E-state index contributed by atoms with van der Waals surface area (Å²) in [4.78, 5) is 14.1. The normalized spacial score (nSPS) is 11.0. The third kappa shape index (κ3) is 5.11. The summed E-state index contributed by atoms with van der Waals surface area (Å²) >= 11 is 1.14. The SMILES string of the molecule is CN(CCOc1ccccc1)C(=O)c1ccc(NS(=O)(=O)c2cccs2)cc1. The number of benzene rings is 2. The molecule has 3 rings (SSSR count). The highest BCUT2D eigenvalue weighted by Gasteiger charge is 2.16. The molecule has 0 aliphatic carbocycles. The van der Waals surface area contributed by atoms with Gasteiger partial charge in [-0.15, -0.1) is 11.3 Å². The van der Waals surface area contributed by atoms with E-state index in [4.69, 9.17) is 4.74 Å². The Balaban J connectivity index is 1.55. The van der Waals surface area contributed by atoms with Gasteiger partial charge in [-0.05, 0) is 47.8 Å². The lowest BCUT2D eigenvalue weighted by Crippen LogP contribution is -2.30. The molecule has 1 N–H and O–H groups in total. The van der Waals surface area contributed by atoms with Crippen molar-refractivity contribution in [2.75, 3.05) is 24.9 Å². The zero-order valence-electron chi connectivity index (χ0n) is 15.2. The van der Waals surface area contributed by atoms with Crippen molar-refractivity contribution in [3.8, 4) is 5.75 Å². The van der Waals surface area contributed by atoms with E-state index < -0.39 is 10.0 Å². The predicted molar refractivity (Wildman–Crippen MR) is 110 cm³/mol. The predicted octanol–water partition coefficient (Wildman–Crippen LogP) is 3.70. The van der Waals surface area contributed by atoms with E-state index in [0.717, 1.165) is 17.1 Å². The van der Waals surface area contributed by atoms with Gasteiger partial charge in [0.1, 0.15) is 16.6 Å². The fourth-order valence-corrected chi connectivity index (χ4v) is 4.49. The molecule has 1 amide bonds. The Labute approximate surface area is 168 Å². The summed E-state index contributed by atoms with van der Waals surface area (Å²) in [6, 6.07) is 19.0. The third-order valence-corrected chi connectivity index (χ3v) is 6.71. The van der Waals surface area contributed by atoms with Gasteiger partial charge < -0.3 is 9.64 Å². The second kappa shape index (κ2) is 8.90. The Kier molecular flexibility index (Phi) is 6.33. The van der Waals surface area contributed by atoms with Gasteiger partial charge in [0.2, 0.25) is 0 Å². The summed E-state index contributed by atoms with van der Waals surface area (Å²) in [6.07, 6.45) is 0. The van der Waals surface area contributed by atoms with Gasteiger partial charge in [0.05, 0.1) is 6.54 Å². The van der Waals surface area contributed by atoms with Crippen LogP contribution in [0, 0.1) is 0 Å². The topological polar surface area (TPSA) is 75.7 Å². The van der Waals surface area contributed by atoms with Gasteiger partial charge in [0.15, 0.2) is 0 Å². The maximum atomic E-state index is 12.5. The fourth-order valence-electron chi connectivity index (χ4n) is 2.44. The standard InChI is InChI=1S/C20H20N2O4S2/c1-22(13-14-26-18-6-3-2-4-7-18)20(23)16-9-11-17(12-10-16)21-28(24,25)19-8-5-15-27-19/h2-12,15,21H,13-14H2,1H3. The second-order valence-corrected chi connectivity index (χ2v) is 8.86. The van der Waals surface area contributed by atoms with Crippen LogP contribution in [0.5, 0.6) is 5.75 Å². The highest BCUT2D eigenvalue weighted by Crippen LogP contribution is 2.20. The van der Waals surface area contributed by atoms with Crippen molar-refractivity contribution in [2.45, 2.75) is 4.21 Å². The molecule has 0 unspecified atom stereocenters. The van der Waals surface area contributed by atoms with Crippen molar-refractivity contribution in [1.82, 2.24) is 4.90 Å². The Bertz CT molecular complexity index is 1000. The molecular formula is C20H20N2O4S2. The number of likely N-dealkylation sites (N-methyl/N-ethyl adjacent to an activating group) is 1. The molecule has 0 fully saturated rings. The Hall–Kier alpha value is -2.84. The number of amides is 1. The number of hydrogen-bond donors (Lipinski definition) is 1. The van der Waals surface area contributed by atoms with Crippen molar-refractivity contribution >= 4 is 33.0 Å². The van der Waals surface area contributed by atoms with Crippen LogP contribution in [0.3, 0.4) is 0 Å². The first-order chi connectivity index (χ1) is 13.5. The van der Waals surface area contributed by atoms with Crippen molar-refractivity contribution in [2.24, 2.45) is 0 Å². The van der Waals surface area contributed by atoms with Crippen LogP contribution in [-0.2, 0) is 10.0 Å². The van der Waals surface area contributed by atoms with Gasteiger partial charge in [-0.1, -0.05) is 24.3 Å². The van der Waals surface area contributed by atoms with Crippen molar-refractivity contribution in [3.05, 3.63) is 77.7 Å². The Morgan fingerprint density at radius 2 is 1.75 bits per heavy atom. The van der Waals surface area contributed by atoms with Gasteiger partial charge in [0.25, 0.3) is 15.9 Å². The zero-order chi connectivity index (χ0) is 20.0. The smallest absolute Gasteiger partial charge is 0.271 e. The van der Waals surface area contributed by atoms with Gasteiger partial charge in [0, 0.05) is 18.3 Å². The molecule has 0 saturated heterocycles. The maximum Gasteiger partial charge on any atom is 0.271 e. The molecule has 0 bridgehead atoms. The lowest BCUT2D eigenvalue weighted by molar-refractivity contribution is 0.0774. The Morgan fingerprint density at radius 1 is 1.04 bits per heavy atom. The quantitative estimate of drug-likeness (QED) is 0.608. The number of carbonyl (C=O) groups is 1. The zero-order valence-corrected chi connectivity index (χ0v) is 16.9. The largest absolute Gasteiger partial charge is 0.492 e. The van der Waals surface area contributed by atoms with E-state index in [1.165, 1.54) is 6.07 Å². The fraction of sp³-hybridized carbons (Fsp3) is 0.150. The van der Waals surface area contributed by atoms with E-state index in [2.05, 4.69) is 4.72 Å². The number of ether oxygens (including phenoxy) is 1. The molecule has 0 aliphatic rings. The average Bonchev–Trinajstić information content (AvgIpc) is 3.24. The highest BCUT2D eigenvalue weighted by molar-refractivity contribution is 7.94. The lowest BCUT2D eigenvalue weighted by atomic mass is 10.2. The number of para-hydroxylation sites is 1. The maximum absolute atomic E-state index is 12.5. The molecule has 6 nitrogen and oxygen atoms in total. The van der Waals surface area contributed by atoms with E-state index in [1.54, 1.807) is 47.7 Å². The van der Waals surface area contributed by atoms with E-state index >= 15 is 0 Å². The second-order valence-electron chi connectivity index (χ2n) is 6.00. The molecule has 1 heterocycles. The van der Waals surface area contributed by atoms with Crippen molar-refractivity contribution < 1.29 is 17.9 Å². The van der Waals surface area contributed by atoms with E-state index in [0.29, 0.717) is 24.4 Å². The first kappa shape index (κ1) is 19.9. The first-order valence-electron chi connectivity index (χ1n) is 8.55. The van der Waals surface area contributed by atoms with Crippen molar-refractivity contribution in [1.29, 1.82) is 0 Å². The molecule has 28 heavy (non-hydrogen) atoms. The number of carbonyl (C=O) groups excluding carboxylic acids is 1. The molecule has 0 saturated carbocycles. The van der Waals surface area contributed by atoms with Crippen LogP contribution < -0.4 is 9.46 Å². The number of hydrogen-bond acceptors (Lipinski definition) is 5. The van der Waals surface area contributed by atoms with Gasteiger partial charge in [-0.2, -0.15) is 0 Å². The summed E-state index contributed by atoms with van der Waals surface area (Å²) in [5.41, 5.74) is 0.876. The van der Waals surface area contributed by atoms with Gasteiger partial charge in [-0.3, -0.25) is 9.52 Å². The van der Waals surface area contributed by atoms with Crippen LogP contribution in [0.15, 0.2) is 76.3 Å². The number of nitrogens with one attached hydrogen (secondary N) is 1. The summed E-state index contributed by atoms with van der Waals surface area (Å²) in [7, 11) is -1.90.